The van der Waals surface area contributed by atoms with Gasteiger partial charge in [-0.1, -0.05) is 42.8 Å². The Balaban J connectivity index is 2.08. The zero-order chi connectivity index (χ0) is 15.1. The van der Waals surface area contributed by atoms with Crippen LogP contribution in [0.15, 0.2) is 53.4 Å². The molecule has 0 aliphatic heterocycles. The van der Waals surface area contributed by atoms with Crippen LogP contribution in [0.2, 0.25) is 5.02 Å². The molecule has 0 aromatic heterocycles. The molecule has 0 amide bonds. The smallest absolute Gasteiger partial charge is 0.136 e. The predicted molar refractivity (Wildman–Crippen MR) is 89.6 cm³/mol. The van der Waals surface area contributed by atoms with Gasteiger partial charge in [-0.2, -0.15) is 0 Å². The third-order valence-electron chi connectivity index (χ3n) is 3.13. The van der Waals surface area contributed by atoms with Gasteiger partial charge in [0.05, 0.1) is 0 Å². The van der Waals surface area contributed by atoms with Gasteiger partial charge in [0, 0.05) is 21.7 Å². The second-order valence-electron chi connectivity index (χ2n) is 4.80. The van der Waals surface area contributed by atoms with E-state index in [1.807, 2.05) is 30.3 Å². The molecule has 1 N–H and O–H groups in total. The van der Waals surface area contributed by atoms with E-state index < -0.39 is 0 Å². The van der Waals surface area contributed by atoms with E-state index in [0.717, 1.165) is 29.3 Å². The zero-order valence-corrected chi connectivity index (χ0v) is 13.6. The first kappa shape index (κ1) is 16.3. The van der Waals surface area contributed by atoms with E-state index in [1.54, 1.807) is 6.07 Å². The fraction of sp³-hybridized carbons (Fsp3) is 0.294. The SMILES string of the molecule is CCCNC(CSc1ccccc1F)c1cccc(Cl)c1. The van der Waals surface area contributed by atoms with Gasteiger partial charge in [0.25, 0.3) is 0 Å². The summed E-state index contributed by atoms with van der Waals surface area (Å²) in [6.07, 6.45) is 1.06. The Labute approximate surface area is 134 Å². The Morgan fingerprint density at radius 2 is 2.00 bits per heavy atom. The topological polar surface area (TPSA) is 12.0 Å². The van der Waals surface area contributed by atoms with Gasteiger partial charge in [-0.15, -0.1) is 11.8 Å². The molecule has 0 spiro atoms. The third-order valence-corrected chi connectivity index (χ3v) is 4.51. The van der Waals surface area contributed by atoms with Crippen LogP contribution in [0.4, 0.5) is 4.39 Å². The van der Waals surface area contributed by atoms with Gasteiger partial charge < -0.3 is 5.32 Å². The van der Waals surface area contributed by atoms with Crippen LogP contribution in [0.1, 0.15) is 24.9 Å². The fourth-order valence-electron chi connectivity index (χ4n) is 2.05. The lowest BCUT2D eigenvalue weighted by molar-refractivity contribution is 0.575. The minimum Gasteiger partial charge on any atom is -0.309 e. The Hall–Kier alpha value is -1.03. The van der Waals surface area contributed by atoms with E-state index >= 15 is 0 Å². The van der Waals surface area contributed by atoms with Gasteiger partial charge in [-0.25, -0.2) is 4.39 Å². The summed E-state index contributed by atoms with van der Waals surface area (Å²) in [7, 11) is 0. The average Bonchev–Trinajstić information content (AvgIpc) is 2.49. The number of thioether (sulfide) groups is 1. The van der Waals surface area contributed by atoms with Crippen molar-refractivity contribution in [1.82, 2.24) is 5.32 Å². The highest BCUT2D eigenvalue weighted by molar-refractivity contribution is 7.99. The fourth-order valence-corrected chi connectivity index (χ4v) is 3.29. The first-order valence-electron chi connectivity index (χ1n) is 7.07. The molecule has 0 saturated heterocycles. The Kier molecular flexibility index (Phi) is 6.55. The van der Waals surface area contributed by atoms with Gasteiger partial charge >= 0.3 is 0 Å². The maximum atomic E-state index is 13.7. The van der Waals surface area contributed by atoms with Crippen LogP contribution in [0.25, 0.3) is 0 Å². The monoisotopic (exact) mass is 323 g/mol. The van der Waals surface area contributed by atoms with E-state index in [4.69, 9.17) is 11.6 Å². The minimum atomic E-state index is -0.164. The standard InChI is InChI=1S/C17H19ClFNS/c1-2-10-20-16(13-6-5-7-14(18)11-13)12-21-17-9-4-3-8-15(17)19/h3-9,11,16,20H,2,10,12H2,1H3. The molecule has 1 nitrogen and oxygen atoms in total. The van der Waals surface area contributed by atoms with Crippen molar-refractivity contribution in [3.63, 3.8) is 0 Å². The summed E-state index contributed by atoms with van der Waals surface area (Å²) in [6, 6.07) is 14.9. The molecular formula is C17H19ClFNS. The number of halogens is 2. The van der Waals surface area contributed by atoms with Gasteiger partial charge in [0.2, 0.25) is 0 Å². The average molecular weight is 324 g/mol. The summed E-state index contributed by atoms with van der Waals surface area (Å²) in [5.41, 5.74) is 1.14. The van der Waals surface area contributed by atoms with Crippen molar-refractivity contribution < 1.29 is 4.39 Å². The largest absolute Gasteiger partial charge is 0.309 e. The van der Waals surface area contributed by atoms with Crippen LogP contribution in [-0.4, -0.2) is 12.3 Å². The van der Waals surface area contributed by atoms with Crippen LogP contribution in [0, 0.1) is 5.82 Å². The van der Waals surface area contributed by atoms with Crippen LogP contribution in [-0.2, 0) is 0 Å². The Bertz CT molecular complexity index is 576. The predicted octanol–water partition coefficient (Wildman–Crippen LogP) is 5.31. The highest BCUT2D eigenvalue weighted by atomic mass is 35.5. The number of hydrogen-bond donors (Lipinski definition) is 1. The lowest BCUT2D eigenvalue weighted by Crippen LogP contribution is -2.24. The molecule has 0 fully saturated rings. The molecule has 0 saturated carbocycles. The van der Waals surface area contributed by atoms with Gasteiger partial charge in [0.15, 0.2) is 0 Å². The Morgan fingerprint density at radius 3 is 2.71 bits per heavy atom. The van der Waals surface area contributed by atoms with Crippen LogP contribution in [0.5, 0.6) is 0 Å². The summed E-state index contributed by atoms with van der Waals surface area (Å²) in [4.78, 5) is 0.683. The van der Waals surface area contributed by atoms with Crippen molar-refractivity contribution in [3.05, 3.63) is 64.9 Å². The summed E-state index contributed by atoms with van der Waals surface area (Å²) in [5, 5.41) is 4.23. The molecule has 1 unspecified atom stereocenters. The van der Waals surface area contributed by atoms with E-state index in [-0.39, 0.29) is 11.9 Å². The second kappa shape index (κ2) is 8.42. The molecule has 0 aliphatic carbocycles. The summed E-state index contributed by atoms with van der Waals surface area (Å²) < 4.78 is 13.7. The third kappa shape index (κ3) is 5.03. The number of nitrogens with one attached hydrogen (secondary N) is 1. The maximum absolute atomic E-state index is 13.7. The number of benzene rings is 2. The highest BCUT2D eigenvalue weighted by Crippen LogP contribution is 2.27. The summed E-state index contributed by atoms with van der Waals surface area (Å²) in [5.74, 6) is 0.601. The van der Waals surface area contributed by atoms with Crippen molar-refractivity contribution in [2.75, 3.05) is 12.3 Å². The molecule has 2 aromatic rings. The highest BCUT2D eigenvalue weighted by Gasteiger charge is 2.13. The molecule has 0 heterocycles. The number of hydrogen-bond acceptors (Lipinski definition) is 2. The van der Waals surface area contributed by atoms with Crippen molar-refractivity contribution in [3.8, 4) is 0 Å². The quantitative estimate of drug-likeness (QED) is 0.693. The van der Waals surface area contributed by atoms with E-state index in [2.05, 4.69) is 18.3 Å². The molecule has 0 radical (unpaired) electrons. The molecule has 0 aliphatic rings. The number of rotatable bonds is 7. The van der Waals surface area contributed by atoms with Crippen molar-refractivity contribution in [1.29, 1.82) is 0 Å². The minimum absolute atomic E-state index is 0.160. The molecule has 0 bridgehead atoms. The van der Waals surface area contributed by atoms with E-state index in [0.29, 0.717) is 4.90 Å². The van der Waals surface area contributed by atoms with E-state index in [9.17, 15) is 4.39 Å². The first-order valence-corrected chi connectivity index (χ1v) is 8.43. The maximum Gasteiger partial charge on any atom is 0.136 e. The lowest BCUT2D eigenvalue weighted by atomic mass is 10.1. The lowest BCUT2D eigenvalue weighted by Gasteiger charge is -2.19. The molecular weight excluding hydrogens is 305 g/mol. The first-order chi connectivity index (χ1) is 10.2. The second-order valence-corrected chi connectivity index (χ2v) is 6.30. The zero-order valence-electron chi connectivity index (χ0n) is 12.0. The molecule has 2 aromatic carbocycles. The van der Waals surface area contributed by atoms with Gasteiger partial charge in [0.1, 0.15) is 5.82 Å². The normalized spacial score (nSPS) is 12.3. The van der Waals surface area contributed by atoms with Crippen molar-refractivity contribution >= 4 is 23.4 Å². The van der Waals surface area contributed by atoms with E-state index in [1.165, 1.54) is 17.8 Å². The molecule has 21 heavy (non-hydrogen) atoms. The van der Waals surface area contributed by atoms with Crippen LogP contribution >= 0.6 is 23.4 Å². The Morgan fingerprint density at radius 1 is 1.19 bits per heavy atom. The van der Waals surface area contributed by atoms with Gasteiger partial charge in [-0.05, 0) is 42.8 Å². The molecule has 1 atom stereocenters. The van der Waals surface area contributed by atoms with Crippen LogP contribution < -0.4 is 5.32 Å². The van der Waals surface area contributed by atoms with Gasteiger partial charge in [-0.3, -0.25) is 0 Å². The summed E-state index contributed by atoms with van der Waals surface area (Å²) >= 11 is 7.60. The molecule has 2 rings (SSSR count). The van der Waals surface area contributed by atoms with Crippen molar-refractivity contribution in [2.45, 2.75) is 24.3 Å². The summed E-state index contributed by atoms with van der Waals surface area (Å²) in [6.45, 7) is 3.06. The van der Waals surface area contributed by atoms with Crippen molar-refractivity contribution in [2.24, 2.45) is 0 Å². The molecule has 4 heteroatoms. The molecule has 112 valence electrons. The van der Waals surface area contributed by atoms with Crippen LogP contribution in [0.3, 0.4) is 0 Å².